The SMILES string of the molecule is CCNC(=NCc1ccc(CN2CC(C)OC(C)C2)cc1)NCCCOC1CCOC1.I. The van der Waals surface area contributed by atoms with Crippen LogP contribution in [0.3, 0.4) is 0 Å². The number of aliphatic imine (C=N–C) groups is 1. The van der Waals surface area contributed by atoms with Crippen molar-refractivity contribution in [3.63, 3.8) is 0 Å². The van der Waals surface area contributed by atoms with Crippen molar-refractivity contribution in [2.45, 2.75) is 65.0 Å². The summed E-state index contributed by atoms with van der Waals surface area (Å²) in [5, 5.41) is 6.72. The first-order chi connectivity index (χ1) is 15.1. The zero-order valence-corrected chi connectivity index (χ0v) is 22.2. The topological polar surface area (TPSA) is 67.4 Å². The van der Waals surface area contributed by atoms with E-state index in [1.54, 1.807) is 0 Å². The Labute approximate surface area is 210 Å². The van der Waals surface area contributed by atoms with Gasteiger partial charge in [0.15, 0.2) is 5.96 Å². The van der Waals surface area contributed by atoms with E-state index < -0.39 is 0 Å². The Morgan fingerprint density at radius 2 is 1.84 bits per heavy atom. The van der Waals surface area contributed by atoms with Crippen LogP contribution in [0.15, 0.2) is 29.3 Å². The van der Waals surface area contributed by atoms with Crippen LogP contribution in [0.4, 0.5) is 0 Å². The van der Waals surface area contributed by atoms with Gasteiger partial charge >= 0.3 is 0 Å². The quantitative estimate of drug-likeness (QED) is 0.199. The molecule has 0 saturated carbocycles. The number of halogens is 1. The van der Waals surface area contributed by atoms with Crippen LogP contribution in [-0.2, 0) is 27.3 Å². The largest absolute Gasteiger partial charge is 0.379 e. The van der Waals surface area contributed by atoms with Gasteiger partial charge in [-0.3, -0.25) is 4.90 Å². The van der Waals surface area contributed by atoms with E-state index in [1.165, 1.54) is 11.1 Å². The van der Waals surface area contributed by atoms with Gasteiger partial charge in [0.2, 0.25) is 0 Å². The Balaban J connectivity index is 0.00000363. The summed E-state index contributed by atoms with van der Waals surface area (Å²) in [6, 6.07) is 8.82. The Morgan fingerprint density at radius 3 is 2.50 bits per heavy atom. The fourth-order valence-corrected chi connectivity index (χ4v) is 4.11. The molecule has 0 aliphatic carbocycles. The Hall–Kier alpha value is -0.940. The molecule has 0 spiro atoms. The molecule has 2 saturated heterocycles. The summed E-state index contributed by atoms with van der Waals surface area (Å²) < 4.78 is 17.0. The summed E-state index contributed by atoms with van der Waals surface area (Å²) in [7, 11) is 0. The van der Waals surface area contributed by atoms with Crippen molar-refractivity contribution >= 4 is 29.9 Å². The van der Waals surface area contributed by atoms with Gasteiger partial charge in [-0.2, -0.15) is 0 Å². The molecule has 8 heteroatoms. The molecule has 2 aliphatic rings. The Bertz CT molecular complexity index is 658. The van der Waals surface area contributed by atoms with Crippen LogP contribution < -0.4 is 10.6 Å². The lowest BCUT2D eigenvalue weighted by atomic mass is 10.1. The van der Waals surface area contributed by atoms with Gasteiger partial charge in [0, 0.05) is 45.9 Å². The zero-order chi connectivity index (χ0) is 21.9. The highest BCUT2D eigenvalue weighted by molar-refractivity contribution is 14.0. The average Bonchev–Trinajstić information content (AvgIpc) is 3.25. The molecule has 1 aromatic rings. The molecule has 7 nitrogen and oxygen atoms in total. The summed E-state index contributed by atoms with van der Waals surface area (Å²) in [6.45, 7) is 14.0. The third-order valence-electron chi connectivity index (χ3n) is 5.54. The zero-order valence-electron chi connectivity index (χ0n) is 19.8. The third kappa shape index (κ3) is 9.91. The highest BCUT2D eigenvalue weighted by Crippen LogP contribution is 2.15. The van der Waals surface area contributed by atoms with E-state index in [1.807, 2.05) is 0 Å². The number of hydrogen-bond donors (Lipinski definition) is 2. The van der Waals surface area contributed by atoms with Gasteiger partial charge in [0.1, 0.15) is 0 Å². The summed E-state index contributed by atoms with van der Waals surface area (Å²) in [4.78, 5) is 7.21. The van der Waals surface area contributed by atoms with E-state index >= 15 is 0 Å². The molecule has 2 fully saturated rings. The number of hydrogen-bond acceptors (Lipinski definition) is 5. The van der Waals surface area contributed by atoms with E-state index in [9.17, 15) is 0 Å². The molecule has 2 heterocycles. The van der Waals surface area contributed by atoms with Crippen LogP contribution in [0.2, 0.25) is 0 Å². The van der Waals surface area contributed by atoms with E-state index in [0.29, 0.717) is 18.8 Å². The van der Waals surface area contributed by atoms with Crippen LogP contribution in [-0.4, -0.2) is 75.2 Å². The van der Waals surface area contributed by atoms with Crippen LogP contribution >= 0.6 is 24.0 Å². The minimum Gasteiger partial charge on any atom is -0.379 e. The highest BCUT2D eigenvalue weighted by atomic mass is 127. The van der Waals surface area contributed by atoms with Crippen molar-refractivity contribution in [1.29, 1.82) is 0 Å². The van der Waals surface area contributed by atoms with Gasteiger partial charge < -0.3 is 24.8 Å². The second-order valence-corrected chi connectivity index (χ2v) is 8.60. The molecule has 182 valence electrons. The monoisotopic (exact) mass is 560 g/mol. The molecule has 2 aliphatic heterocycles. The van der Waals surface area contributed by atoms with Crippen molar-refractivity contribution in [2.75, 3.05) is 46.0 Å². The number of guanidine groups is 1. The second kappa shape index (κ2) is 15.1. The molecule has 0 bridgehead atoms. The number of morpholine rings is 1. The van der Waals surface area contributed by atoms with Crippen molar-refractivity contribution in [3.8, 4) is 0 Å². The standard InChI is InChI=1S/C24H40N4O3.HI/c1-4-25-24(26-11-5-12-30-23-10-13-29-18-23)27-14-21-6-8-22(9-7-21)17-28-15-19(2)31-20(3)16-28;/h6-9,19-20,23H,4-5,10-18H2,1-3H3,(H2,25,26,27);1H. The maximum absolute atomic E-state index is 5.83. The smallest absolute Gasteiger partial charge is 0.191 e. The minimum atomic E-state index is 0. The lowest BCUT2D eigenvalue weighted by molar-refractivity contribution is -0.0704. The minimum absolute atomic E-state index is 0. The van der Waals surface area contributed by atoms with Crippen LogP contribution in [0, 0.1) is 0 Å². The summed E-state index contributed by atoms with van der Waals surface area (Å²) in [5.74, 6) is 0.854. The second-order valence-electron chi connectivity index (χ2n) is 8.60. The third-order valence-corrected chi connectivity index (χ3v) is 5.54. The average molecular weight is 561 g/mol. The number of nitrogens with zero attached hydrogens (tertiary/aromatic N) is 2. The molecule has 0 radical (unpaired) electrons. The summed E-state index contributed by atoms with van der Waals surface area (Å²) in [5.41, 5.74) is 2.56. The molecule has 1 aromatic carbocycles. The van der Waals surface area contributed by atoms with E-state index in [-0.39, 0.29) is 30.1 Å². The summed E-state index contributed by atoms with van der Waals surface area (Å²) >= 11 is 0. The van der Waals surface area contributed by atoms with Crippen molar-refractivity contribution in [2.24, 2.45) is 4.99 Å². The number of ether oxygens (including phenoxy) is 3. The molecule has 3 unspecified atom stereocenters. The van der Waals surface area contributed by atoms with E-state index in [4.69, 9.17) is 19.2 Å². The molecule has 0 aromatic heterocycles. The molecule has 2 N–H and O–H groups in total. The number of benzene rings is 1. The van der Waals surface area contributed by atoms with Crippen LogP contribution in [0.5, 0.6) is 0 Å². The summed E-state index contributed by atoms with van der Waals surface area (Å²) in [6.07, 6.45) is 2.85. The van der Waals surface area contributed by atoms with Gasteiger partial charge in [0.25, 0.3) is 0 Å². The van der Waals surface area contributed by atoms with Gasteiger partial charge in [-0.15, -0.1) is 24.0 Å². The van der Waals surface area contributed by atoms with Gasteiger partial charge in [0.05, 0.1) is 31.5 Å². The number of rotatable bonds is 10. The first kappa shape index (κ1) is 27.3. The fraction of sp³-hybridized carbons (Fsp3) is 0.708. The molecule has 0 amide bonds. The molecule has 3 rings (SSSR count). The van der Waals surface area contributed by atoms with E-state index in [0.717, 1.165) is 71.3 Å². The lowest BCUT2D eigenvalue weighted by Crippen LogP contribution is -2.44. The maximum atomic E-state index is 5.83. The van der Waals surface area contributed by atoms with Crippen LogP contribution in [0.25, 0.3) is 0 Å². The predicted octanol–water partition coefficient (Wildman–Crippen LogP) is 3.16. The van der Waals surface area contributed by atoms with Crippen LogP contribution in [0.1, 0.15) is 44.7 Å². The van der Waals surface area contributed by atoms with Crippen molar-refractivity contribution in [1.82, 2.24) is 15.5 Å². The highest BCUT2D eigenvalue weighted by Gasteiger charge is 2.22. The Kier molecular flexibility index (Phi) is 12.8. The molecule has 3 atom stereocenters. The van der Waals surface area contributed by atoms with Gasteiger partial charge in [-0.05, 0) is 44.7 Å². The number of nitrogens with one attached hydrogen (secondary N) is 2. The molecular weight excluding hydrogens is 519 g/mol. The maximum Gasteiger partial charge on any atom is 0.191 e. The normalized spacial score (nSPS) is 24.2. The van der Waals surface area contributed by atoms with Crippen molar-refractivity contribution < 1.29 is 14.2 Å². The molecule has 32 heavy (non-hydrogen) atoms. The fourth-order valence-electron chi connectivity index (χ4n) is 4.11. The van der Waals surface area contributed by atoms with Crippen molar-refractivity contribution in [3.05, 3.63) is 35.4 Å². The van der Waals surface area contributed by atoms with Gasteiger partial charge in [-0.25, -0.2) is 4.99 Å². The first-order valence-electron chi connectivity index (χ1n) is 11.8. The molecular formula is C24H41IN4O3. The Morgan fingerprint density at radius 1 is 1.12 bits per heavy atom. The van der Waals surface area contributed by atoms with E-state index in [2.05, 4.69) is 60.6 Å². The predicted molar refractivity (Wildman–Crippen MR) is 140 cm³/mol. The first-order valence-corrected chi connectivity index (χ1v) is 11.8. The van der Waals surface area contributed by atoms with Gasteiger partial charge in [-0.1, -0.05) is 24.3 Å². The lowest BCUT2D eigenvalue weighted by Gasteiger charge is -2.35.